The molecular formula is C88H79N5O. The summed E-state index contributed by atoms with van der Waals surface area (Å²) in [6.45, 7) is 28.4. The van der Waals surface area contributed by atoms with Gasteiger partial charge in [0.2, 0.25) is 0 Å². The van der Waals surface area contributed by atoms with Crippen LogP contribution in [0.1, 0.15) is 105 Å². The van der Waals surface area contributed by atoms with Gasteiger partial charge in [-0.05, 0) is 137 Å². The number of benzene rings is 11. The van der Waals surface area contributed by atoms with Gasteiger partial charge in [0, 0.05) is 68.0 Å². The molecule has 0 fully saturated rings. The zero-order valence-corrected chi connectivity index (χ0v) is 56.0. The van der Waals surface area contributed by atoms with Crippen molar-refractivity contribution in [2.45, 2.75) is 111 Å². The average Bonchev–Trinajstić information content (AvgIpc) is 1.56. The molecule has 11 aromatic carbocycles. The summed E-state index contributed by atoms with van der Waals surface area (Å²) in [5.41, 5.74) is 19.6. The molecule has 4 aromatic heterocycles. The Hall–Kier alpha value is -10.4. The van der Waals surface area contributed by atoms with Crippen LogP contribution in [-0.4, -0.2) is 18.7 Å². The Balaban J connectivity index is 0.918. The van der Waals surface area contributed by atoms with Crippen LogP contribution in [0.4, 0.5) is 11.4 Å². The minimum Gasteiger partial charge on any atom is -0.457 e. The Kier molecular flexibility index (Phi) is 13.5. The highest BCUT2D eigenvalue weighted by Crippen LogP contribution is 2.48. The van der Waals surface area contributed by atoms with Crippen LogP contribution in [0, 0.1) is 0 Å². The zero-order valence-electron chi connectivity index (χ0n) is 56.0. The van der Waals surface area contributed by atoms with E-state index in [9.17, 15) is 0 Å². The normalized spacial score (nSPS) is 13.0. The highest BCUT2D eigenvalue weighted by atomic mass is 16.5. The molecule has 0 saturated heterocycles. The quantitative estimate of drug-likeness (QED) is 0.160. The molecule has 462 valence electrons. The second kappa shape index (κ2) is 21.6. The molecule has 5 heterocycles. The summed E-state index contributed by atoms with van der Waals surface area (Å²) in [6, 6.07) is 90.5. The van der Waals surface area contributed by atoms with Crippen molar-refractivity contribution >= 4 is 98.3 Å². The van der Waals surface area contributed by atoms with E-state index >= 15 is 0 Å². The molecule has 0 aliphatic carbocycles. The molecule has 1 aliphatic rings. The van der Waals surface area contributed by atoms with Gasteiger partial charge in [0.15, 0.2) is 0 Å². The number of hydrogen-bond donors (Lipinski definition) is 0. The number of aromatic nitrogens is 4. The minimum absolute atomic E-state index is 0.0380. The number of pyridine rings is 1. The lowest BCUT2D eigenvalue weighted by molar-refractivity contribution is 0.483. The zero-order chi connectivity index (χ0) is 64.7. The number of para-hydroxylation sites is 5. The van der Waals surface area contributed by atoms with Crippen molar-refractivity contribution in [3.63, 3.8) is 0 Å². The van der Waals surface area contributed by atoms with Crippen LogP contribution in [0.5, 0.6) is 11.5 Å². The van der Waals surface area contributed by atoms with E-state index in [4.69, 9.17) is 9.72 Å². The molecule has 0 amide bonds. The Morgan fingerprint density at radius 3 is 1.40 bits per heavy atom. The van der Waals surface area contributed by atoms with Crippen molar-refractivity contribution in [3.05, 3.63) is 271 Å². The minimum atomic E-state index is -0.141. The first kappa shape index (κ1) is 58.6. The van der Waals surface area contributed by atoms with Crippen LogP contribution in [0.25, 0.3) is 121 Å². The Labute approximate surface area is 551 Å². The lowest BCUT2D eigenvalue weighted by Gasteiger charge is -2.27. The summed E-state index contributed by atoms with van der Waals surface area (Å²) < 4.78 is 14.8. The molecule has 1 aliphatic heterocycles. The number of rotatable bonds is 7. The maximum Gasteiger partial charge on any atom is 0.137 e. The van der Waals surface area contributed by atoms with Crippen LogP contribution in [0.15, 0.2) is 249 Å². The van der Waals surface area contributed by atoms with Crippen molar-refractivity contribution in [2.75, 3.05) is 4.90 Å². The van der Waals surface area contributed by atoms with Crippen LogP contribution in [-0.2, 0) is 28.3 Å². The fourth-order valence-corrected chi connectivity index (χ4v) is 14.7. The van der Waals surface area contributed by atoms with Crippen LogP contribution >= 0.6 is 0 Å². The van der Waals surface area contributed by atoms with E-state index in [2.05, 4.69) is 344 Å². The highest BCUT2D eigenvalue weighted by Gasteiger charge is 2.29. The smallest absolute Gasteiger partial charge is 0.137 e. The van der Waals surface area contributed by atoms with Gasteiger partial charge in [0.1, 0.15) is 24.0 Å². The van der Waals surface area contributed by atoms with E-state index in [1.54, 1.807) is 0 Å². The average molecular weight is 1220 g/mol. The molecule has 16 rings (SSSR count). The molecule has 0 bridgehead atoms. The van der Waals surface area contributed by atoms with E-state index in [0.29, 0.717) is 6.67 Å². The maximum absolute atomic E-state index is 7.42. The molecule has 6 heteroatoms. The summed E-state index contributed by atoms with van der Waals surface area (Å²) in [7, 11) is 0. The standard InChI is InChI=1S/C88H79N5O/c1-85(2,3)58-42-43-89-81(50-58)93-77-40-22-19-34-74(77)82-79(92-75-38-20-17-32-70(75)71-33-18-21-39-76(71)92)52-64(53-80(82)93)94-63-27-23-26-62(51-63)90-54-91-83-65(57-44-55(45-59(48-57)86(4,5)6)56-46-60(87(7,8)9)49-61(47-56)88(10,11)12)35-24-36-72(83)68-30-15-13-28-66(68)67-29-14-16-31-69(67)73-37-25-41-78(90)84(73)91/h13-53H,54H2,1-12H3. The van der Waals surface area contributed by atoms with E-state index in [-0.39, 0.29) is 21.7 Å². The van der Waals surface area contributed by atoms with Gasteiger partial charge in [-0.2, -0.15) is 0 Å². The van der Waals surface area contributed by atoms with Gasteiger partial charge in [-0.3, -0.25) is 4.57 Å². The Morgan fingerprint density at radius 1 is 0.330 bits per heavy atom. The lowest BCUT2D eigenvalue weighted by Crippen LogP contribution is -2.16. The first-order valence-corrected chi connectivity index (χ1v) is 33.3. The van der Waals surface area contributed by atoms with Crippen molar-refractivity contribution in [1.82, 2.24) is 18.7 Å². The summed E-state index contributed by atoms with van der Waals surface area (Å²) in [6.07, 6.45) is 1.95. The molecule has 0 atom stereocenters. The number of hydrogen-bond acceptors (Lipinski definition) is 3. The predicted molar refractivity (Wildman–Crippen MR) is 399 cm³/mol. The fourth-order valence-electron chi connectivity index (χ4n) is 14.7. The second-order valence-electron chi connectivity index (χ2n) is 30.1. The number of fused-ring (bicyclic) bond motifs is 13. The SMILES string of the molecule is CC(C)(C)c1cc(-c2cc(C(C)(C)C)cc(C(C)(C)C)c2)cc(-c2cccc3c4ccccc4c4ccccc4c4cccc5c4n(c23)CN5c2cccc(Oc3cc(-n4c5ccccc5c5ccccc54)c4c5ccccc5n(-c5cc(C(C)(C)C)ccn5)c4c3)c2)c1. The molecule has 6 nitrogen and oxygen atoms in total. The summed E-state index contributed by atoms with van der Waals surface area (Å²) in [5.74, 6) is 2.31. The molecule has 0 N–H and O–H groups in total. The number of ether oxygens (including phenoxy) is 1. The largest absolute Gasteiger partial charge is 0.457 e. The van der Waals surface area contributed by atoms with Crippen LogP contribution < -0.4 is 9.64 Å². The van der Waals surface area contributed by atoms with Gasteiger partial charge >= 0.3 is 0 Å². The van der Waals surface area contributed by atoms with E-state index < -0.39 is 0 Å². The predicted octanol–water partition coefficient (Wildman–Crippen LogP) is 24.2. The van der Waals surface area contributed by atoms with Crippen molar-refractivity contribution < 1.29 is 4.74 Å². The molecule has 0 spiro atoms. The summed E-state index contributed by atoms with van der Waals surface area (Å²) in [5, 5.41) is 11.8. The highest BCUT2D eigenvalue weighted by molar-refractivity contribution is 6.22. The second-order valence-corrected chi connectivity index (χ2v) is 30.1. The molecule has 0 saturated carbocycles. The lowest BCUT2D eigenvalue weighted by atomic mass is 9.78. The van der Waals surface area contributed by atoms with Crippen LogP contribution in [0.2, 0.25) is 0 Å². The molecule has 0 unspecified atom stereocenters. The van der Waals surface area contributed by atoms with Crippen molar-refractivity contribution in [3.8, 4) is 45.3 Å². The van der Waals surface area contributed by atoms with Gasteiger partial charge in [-0.1, -0.05) is 253 Å². The Morgan fingerprint density at radius 2 is 0.809 bits per heavy atom. The molecular weight excluding hydrogens is 1140 g/mol. The third-order valence-corrected chi connectivity index (χ3v) is 19.7. The van der Waals surface area contributed by atoms with Gasteiger partial charge in [-0.15, -0.1) is 0 Å². The van der Waals surface area contributed by atoms with Gasteiger partial charge < -0.3 is 18.8 Å². The van der Waals surface area contributed by atoms with E-state index in [0.717, 1.165) is 67.2 Å². The number of anilines is 2. The molecule has 15 aromatic rings. The summed E-state index contributed by atoms with van der Waals surface area (Å²) in [4.78, 5) is 7.62. The molecule has 0 radical (unpaired) electrons. The maximum atomic E-state index is 7.42. The van der Waals surface area contributed by atoms with Gasteiger partial charge in [-0.25, -0.2) is 4.98 Å². The first-order valence-electron chi connectivity index (χ1n) is 33.3. The van der Waals surface area contributed by atoms with E-state index in [1.807, 2.05) is 6.20 Å². The number of nitrogens with zero attached hydrogens (tertiary/aromatic N) is 5. The van der Waals surface area contributed by atoms with Crippen molar-refractivity contribution in [1.29, 1.82) is 0 Å². The summed E-state index contributed by atoms with van der Waals surface area (Å²) >= 11 is 0. The third kappa shape index (κ3) is 9.79. The third-order valence-electron chi connectivity index (χ3n) is 19.7. The van der Waals surface area contributed by atoms with Crippen molar-refractivity contribution in [2.24, 2.45) is 0 Å². The van der Waals surface area contributed by atoms with Crippen LogP contribution in [0.3, 0.4) is 0 Å². The molecule has 94 heavy (non-hydrogen) atoms. The topological polar surface area (TPSA) is 40.1 Å². The monoisotopic (exact) mass is 1220 g/mol. The van der Waals surface area contributed by atoms with Gasteiger partial charge in [0.05, 0.1) is 44.5 Å². The van der Waals surface area contributed by atoms with E-state index in [1.165, 1.54) is 98.6 Å². The fraction of sp³-hybridized carbons (Fsp3) is 0.193. The Bertz CT molecular complexity index is 5600. The first-order chi connectivity index (χ1) is 45.1. The van der Waals surface area contributed by atoms with Gasteiger partial charge in [0.25, 0.3) is 0 Å².